The number of hydrogen-bond donors (Lipinski definition) is 3. The lowest BCUT2D eigenvalue weighted by molar-refractivity contribution is -0.142. The minimum Gasteiger partial charge on any atom is -0.508 e. The number of carboxylic acid groups (broad SMARTS) is 1. The maximum Gasteiger partial charge on any atom is 0.328 e. The van der Waals surface area contributed by atoms with Crippen LogP contribution in [0.2, 0.25) is 5.02 Å². The van der Waals surface area contributed by atoms with Gasteiger partial charge in [-0.05, 0) is 42.5 Å². The molecule has 4 N–H and O–H groups in total. The Balaban J connectivity index is 1.80. The van der Waals surface area contributed by atoms with Crippen LogP contribution in [0, 0.1) is 11.6 Å². The van der Waals surface area contributed by atoms with Crippen LogP contribution in [0.5, 0.6) is 5.75 Å². The molecule has 3 aromatic carbocycles. The van der Waals surface area contributed by atoms with Crippen LogP contribution in [-0.4, -0.2) is 51.9 Å². The van der Waals surface area contributed by atoms with Crippen molar-refractivity contribution in [2.75, 3.05) is 11.9 Å². The number of anilines is 1. The quantitative estimate of drug-likeness (QED) is 0.174. The lowest BCUT2D eigenvalue weighted by Crippen LogP contribution is -2.50. The second kappa shape index (κ2) is 11.1. The first-order valence-electron chi connectivity index (χ1n) is 10.6. The molecule has 0 saturated heterocycles. The van der Waals surface area contributed by atoms with Crippen molar-refractivity contribution in [3.05, 3.63) is 94.0 Å². The summed E-state index contributed by atoms with van der Waals surface area (Å²) in [6, 6.07) is 9.68. The van der Waals surface area contributed by atoms with E-state index in [0.717, 1.165) is 18.2 Å². The Kier molecular flexibility index (Phi) is 8.21. The maximum absolute atomic E-state index is 13.4. The third-order valence-corrected chi connectivity index (χ3v) is 5.70. The number of aromatic hydroxyl groups is 1. The average Bonchev–Trinajstić information content (AvgIpc) is 2.84. The minimum absolute atomic E-state index is 0.0480. The Morgan fingerprint density at radius 1 is 0.946 bits per heavy atom. The molecule has 12 heteroatoms. The minimum atomic E-state index is -1.89. The summed E-state index contributed by atoms with van der Waals surface area (Å²) in [4.78, 5) is 51.2. The predicted octanol–water partition coefficient (Wildman–Crippen LogP) is 3.64. The largest absolute Gasteiger partial charge is 0.508 e. The molecule has 0 spiro atoms. The summed E-state index contributed by atoms with van der Waals surface area (Å²) in [7, 11) is 1.46. The number of Topliss-reactive ketones (excluding diaryl/α,β-unsaturated/α-hetero) is 1. The Hall–Kier alpha value is -4.35. The van der Waals surface area contributed by atoms with E-state index in [1.807, 2.05) is 0 Å². The van der Waals surface area contributed by atoms with Crippen molar-refractivity contribution in [2.45, 2.75) is 12.5 Å². The van der Waals surface area contributed by atoms with Gasteiger partial charge in [0, 0.05) is 42.4 Å². The number of amides is 2. The van der Waals surface area contributed by atoms with Crippen molar-refractivity contribution in [1.82, 2.24) is 5.01 Å². The Morgan fingerprint density at radius 2 is 1.59 bits per heavy atom. The highest BCUT2D eigenvalue weighted by molar-refractivity contribution is 6.34. The number of carboxylic acids is 1. The molecule has 0 aliphatic rings. The number of phenolic OH excluding ortho intramolecular Hbond substituents is 1. The lowest BCUT2D eigenvalue weighted by atomic mass is 10.0. The Labute approximate surface area is 214 Å². The van der Waals surface area contributed by atoms with Gasteiger partial charge in [-0.2, -0.15) is 0 Å². The summed E-state index contributed by atoms with van der Waals surface area (Å²) in [5.74, 6) is -0.585. The molecule has 3 rings (SSSR count). The van der Waals surface area contributed by atoms with Gasteiger partial charge in [0.25, 0.3) is 11.8 Å². The number of nitrogens with zero attached hydrogens (tertiary/aromatic N) is 2. The highest BCUT2D eigenvalue weighted by atomic mass is 35.5. The normalized spacial score (nSPS) is 11.5. The molecular weight excluding hydrogens is 512 g/mol. The second-order valence-corrected chi connectivity index (χ2v) is 8.34. The maximum atomic E-state index is 13.4. The number of hydrogen-bond acceptors (Lipinski definition) is 6. The molecule has 2 amide bonds. The van der Waals surface area contributed by atoms with Gasteiger partial charge < -0.3 is 15.1 Å². The molecule has 0 heterocycles. The average molecular weight is 532 g/mol. The van der Waals surface area contributed by atoms with Gasteiger partial charge in [0.1, 0.15) is 17.4 Å². The predicted molar refractivity (Wildman–Crippen MR) is 129 cm³/mol. The Morgan fingerprint density at radius 3 is 2.16 bits per heavy atom. The number of carbonyl (C=O) groups excluding carboxylic acids is 3. The van der Waals surface area contributed by atoms with E-state index in [-0.39, 0.29) is 26.9 Å². The molecular formula is C25H20ClF2N3O6. The molecule has 1 atom stereocenters. The van der Waals surface area contributed by atoms with Crippen LogP contribution in [0.1, 0.15) is 37.5 Å². The third-order valence-electron chi connectivity index (χ3n) is 5.39. The molecule has 0 aliphatic carbocycles. The van der Waals surface area contributed by atoms with Crippen LogP contribution in [0.15, 0.2) is 60.7 Å². The first kappa shape index (κ1) is 27.2. The van der Waals surface area contributed by atoms with Gasteiger partial charge in [-0.3, -0.25) is 19.4 Å². The van der Waals surface area contributed by atoms with E-state index in [1.165, 1.54) is 36.2 Å². The fraction of sp³-hybridized carbons (Fsp3) is 0.120. The zero-order valence-electron chi connectivity index (χ0n) is 19.2. The van der Waals surface area contributed by atoms with Crippen LogP contribution >= 0.6 is 11.6 Å². The lowest BCUT2D eigenvalue weighted by Gasteiger charge is -2.24. The second-order valence-electron chi connectivity index (χ2n) is 7.93. The van der Waals surface area contributed by atoms with E-state index in [1.54, 1.807) is 12.1 Å². The van der Waals surface area contributed by atoms with E-state index in [2.05, 4.69) is 0 Å². The van der Waals surface area contributed by atoms with Crippen molar-refractivity contribution < 1.29 is 38.2 Å². The van der Waals surface area contributed by atoms with Crippen molar-refractivity contribution >= 4 is 40.9 Å². The molecule has 0 aromatic heterocycles. The van der Waals surface area contributed by atoms with Gasteiger partial charge in [0.15, 0.2) is 11.8 Å². The summed E-state index contributed by atoms with van der Waals surface area (Å²) in [6.45, 7) is 0. The summed E-state index contributed by atoms with van der Waals surface area (Å²) < 4.78 is 26.9. The molecule has 0 saturated carbocycles. The van der Waals surface area contributed by atoms with Gasteiger partial charge >= 0.3 is 5.97 Å². The highest BCUT2D eigenvalue weighted by Crippen LogP contribution is 2.24. The summed E-state index contributed by atoms with van der Waals surface area (Å²) in [5.41, 5.74) is -0.215. The number of carbonyl (C=O) groups is 4. The van der Waals surface area contributed by atoms with E-state index in [4.69, 9.17) is 17.4 Å². The Bertz CT molecular complexity index is 1380. The van der Waals surface area contributed by atoms with Crippen LogP contribution in [0.4, 0.5) is 14.5 Å². The SMILES string of the molecule is CN(C(=O)c1ccc(C(=O)N(N)[C@@H](CC(=O)c2cc(F)cc(F)c2)C(=O)O)c(Cl)c1)c1cccc(O)c1. The summed E-state index contributed by atoms with van der Waals surface area (Å²) >= 11 is 6.20. The van der Waals surface area contributed by atoms with Gasteiger partial charge in [-0.25, -0.2) is 19.4 Å². The molecule has 192 valence electrons. The topological polar surface area (TPSA) is 141 Å². The van der Waals surface area contributed by atoms with Crippen LogP contribution in [0.3, 0.4) is 0 Å². The van der Waals surface area contributed by atoms with Crippen molar-refractivity contribution in [1.29, 1.82) is 0 Å². The van der Waals surface area contributed by atoms with Gasteiger partial charge in [-0.1, -0.05) is 17.7 Å². The number of aliphatic carboxylic acids is 1. The molecule has 37 heavy (non-hydrogen) atoms. The van der Waals surface area contributed by atoms with Crippen LogP contribution in [0.25, 0.3) is 0 Å². The number of phenols is 1. The number of halogens is 3. The van der Waals surface area contributed by atoms with Crippen molar-refractivity contribution in [3.63, 3.8) is 0 Å². The first-order chi connectivity index (χ1) is 17.4. The van der Waals surface area contributed by atoms with Gasteiger partial charge in [0.05, 0.1) is 10.6 Å². The highest BCUT2D eigenvalue weighted by Gasteiger charge is 2.32. The van der Waals surface area contributed by atoms with Crippen LogP contribution in [-0.2, 0) is 4.79 Å². The van der Waals surface area contributed by atoms with Crippen molar-refractivity contribution in [3.8, 4) is 5.75 Å². The fourth-order valence-corrected chi connectivity index (χ4v) is 3.69. The smallest absolute Gasteiger partial charge is 0.328 e. The zero-order chi connectivity index (χ0) is 27.4. The first-order valence-corrected chi connectivity index (χ1v) is 10.9. The van der Waals surface area contributed by atoms with E-state index >= 15 is 0 Å². The summed E-state index contributed by atoms with van der Waals surface area (Å²) in [5, 5.41) is 19.2. The van der Waals surface area contributed by atoms with E-state index < -0.39 is 53.2 Å². The zero-order valence-corrected chi connectivity index (χ0v) is 19.9. The number of hydrazine groups is 1. The molecule has 0 radical (unpaired) electrons. The number of rotatable bonds is 8. The standard InChI is InChI=1S/C25H20ClF2N3O6/c1-30(17-3-2-4-18(32)11-17)23(34)13-5-6-19(20(26)9-13)24(35)31(29)21(25(36)37)12-22(33)14-7-15(27)10-16(28)8-14/h2-11,21,32H,12,29H2,1H3,(H,36,37)/t21-/m0/s1. The summed E-state index contributed by atoms with van der Waals surface area (Å²) in [6.07, 6.45) is -0.872. The number of ketones is 1. The van der Waals surface area contributed by atoms with Gasteiger partial charge in [-0.15, -0.1) is 0 Å². The van der Waals surface area contributed by atoms with Crippen LogP contribution < -0.4 is 10.7 Å². The molecule has 0 aliphatic heterocycles. The van der Waals surface area contributed by atoms with Gasteiger partial charge in [0.2, 0.25) is 0 Å². The number of benzene rings is 3. The monoisotopic (exact) mass is 531 g/mol. The molecule has 9 nitrogen and oxygen atoms in total. The van der Waals surface area contributed by atoms with Crippen molar-refractivity contribution in [2.24, 2.45) is 5.84 Å². The molecule has 0 fully saturated rings. The molecule has 0 unspecified atom stereocenters. The van der Waals surface area contributed by atoms with E-state index in [9.17, 15) is 38.2 Å². The number of nitrogens with two attached hydrogens (primary N) is 1. The molecule has 0 bridgehead atoms. The molecule has 3 aromatic rings. The fourth-order valence-electron chi connectivity index (χ4n) is 3.43. The van der Waals surface area contributed by atoms with E-state index in [0.29, 0.717) is 11.8 Å². The third kappa shape index (κ3) is 6.26.